The first-order valence-electron chi connectivity index (χ1n) is 9.45. The van der Waals surface area contributed by atoms with Crippen molar-refractivity contribution in [1.29, 1.82) is 0 Å². The van der Waals surface area contributed by atoms with Gasteiger partial charge in [-0.05, 0) is 11.6 Å². The summed E-state index contributed by atoms with van der Waals surface area (Å²) in [5.41, 5.74) is 8.55. The highest BCUT2D eigenvalue weighted by molar-refractivity contribution is 5.85. The molecule has 0 saturated heterocycles. The van der Waals surface area contributed by atoms with Gasteiger partial charge in [0.25, 0.3) is 0 Å². The highest BCUT2D eigenvalue weighted by Gasteiger charge is 2.18. The summed E-state index contributed by atoms with van der Waals surface area (Å²) < 4.78 is 7.20. The van der Waals surface area contributed by atoms with Crippen LogP contribution in [0.2, 0.25) is 0 Å². The van der Waals surface area contributed by atoms with Crippen LogP contribution in [-0.4, -0.2) is 40.3 Å². The van der Waals surface area contributed by atoms with Crippen LogP contribution >= 0.6 is 24.8 Å². The fourth-order valence-electron chi connectivity index (χ4n) is 3.09. The number of nitrogens with zero attached hydrogens (tertiary/aromatic N) is 2. The Morgan fingerprint density at radius 3 is 2.55 bits per heavy atom. The van der Waals surface area contributed by atoms with E-state index in [9.17, 15) is 9.90 Å². The average molecular weight is 467 g/mol. The summed E-state index contributed by atoms with van der Waals surface area (Å²) in [6, 6.07) is 16.5. The van der Waals surface area contributed by atoms with Gasteiger partial charge < -0.3 is 25.5 Å². The molecule has 1 unspecified atom stereocenters. The number of ether oxygens (including phenoxy) is 1. The van der Waals surface area contributed by atoms with E-state index in [-0.39, 0.29) is 37.3 Å². The van der Waals surface area contributed by atoms with Gasteiger partial charge in [0, 0.05) is 31.3 Å². The Morgan fingerprint density at radius 2 is 1.84 bits per heavy atom. The van der Waals surface area contributed by atoms with Crippen molar-refractivity contribution < 1.29 is 14.6 Å². The predicted molar refractivity (Wildman–Crippen MR) is 125 cm³/mol. The molecule has 2 aromatic carbocycles. The van der Waals surface area contributed by atoms with Crippen LogP contribution in [0, 0.1) is 0 Å². The number of nitrogens with two attached hydrogens (primary N) is 1. The number of amides is 1. The number of para-hydroxylation sites is 1. The lowest BCUT2D eigenvalue weighted by atomic mass is 10.1. The topological polar surface area (TPSA) is 102 Å². The van der Waals surface area contributed by atoms with Crippen molar-refractivity contribution in [2.45, 2.75) is 25.1 Å². The molecule has 168 valence electrons. The first-order valence-corrected chi connectivity index (χ1v) is 9.45. The first kappa shape index (κ1) is 26.5. The highest BCUT2D eigenvalue weighted by Crippen LogP contribution is 2.24. The molecule has 31 heavy (non-hydrogen) atoms. The molecule has 1 heterocycles. The first-order chi connectivity index (χ1) is 14.1. The van der Waals surface area contributed by atoms with E-state index in [0.29, 0.717) is 24.3 Å². The maximum Gasteiger partial charge on any atom is 0.237 e. The van der Waals surface area contributed by atoms with Gasteiger partial charge >= 0.3 is 0 Å². The average Bonchev–Trinajstić information content (AvgIpc) is 3.18. The van der Waals surface area contributed by atoms with Crippen LogP contribution in [0.3, 0.4) is 0 Å². The molecule has 7 nitrogen and oxygen atoms in total. The molecule has 0 aliphatic carbocycles. The standard InChI is InChI=1S/C22H26N4O3.2ClH/c1-29-21-10-6-5-9-18(21)20(27)12-24-22(28)19(23)11-17-14-26(15-25-17)13-16-7-3-2-4-8-16;;/h2-10,14-15,19-20,27H,11-13,23H2,1H3,(H,24,28);2*1H/t19-,20?;;/m0../s1. The second-order valence-electron chi connectivity index (χ2n) is 6.84. The molecule has 0 bridgehead atoms. The lowest BCUT2D eigenvalue weighted by Crippen LogP contribution is -2.43. The fraction of sp³-hybridized carbons (Fsp3) is 0.273. The van der Waals surface area contributed by atoms with Gasteiger partial charge in [-0.2, -0.15) is 0 Å². The summed E-state index contributed by atoms with van der Waals surface area (Å²) in [5, 5.41) is 13.0. The molecule has 4 N–H and O–H groups in total. The number of nitrogens with one attached hydrogen (secondary N) is 1. The van der Waals surface area contributed by atoms with Gasteiger partial charge in [-0.25, -0.2) is 4.98 Å². The van der Waals surface area contributed by atoms with Gasteiger partial charge in [-0.1, -0.05) is 48.5 Å². The Morgan fingerprint density at radius 1 is 1.16 bits per heavy atom. The minimum Gasteiger partial charge on any atom is -0.496 e. The van der Waals surface area contributed by atoms with Crippen molar-refractivity contribution in [3.63, 3.8) is 0 Å². The maximum atomic E-state index is 12.3. The maximum absolute atomic E-state index is 12.3. The molecule has 1 amide bonds. The van der Waals surface area contributed by atoms with Gasteiger partial charge in [-0.15, -0.1) is 24.8 Å². The third kappa shape index (κ3) is 7.56. The second kappa shape index (κ2) is 13.0. The number of hydrogen-bond acceptors (Lipinski definition) is 5. The van der Waals surface area contributed by atoms with Crippen molar-refractivity contribution in [2.24, 2.45) is 5.73 Å². The Kier molecular flexibility index (Phi) is 11.1. The molecule has 9 heteroatoms. The quantitative estimate of drug-likeness (QED) is 0.449. The van der Waals surface area contributed by atoms with Crippen LogP contribution in [0.15, 0.2) is 67.1 Å². The molecule has 1 aromatic heterocycles. The second-order valence-corrected chi connectivity index (χ2v) is 6.84. The fourth-order valence-corrected chi connectivity index (χ4v) is 3.09. The summed E-state index contributed by atoms with van der Waals surface area (Å²) in [7, 11) is 1.54. The van der Waals surface area contributed by atoms with Crippen molar-refractivity contribution in [2.75, 3.05) is 13.7 Å². The zero-order valence-electron chi connectivity index (χ0n) is 17.2. The van der Waals surface area contributed by atoms with E-state index in [2.05, 4.69) is 10.3 Å². The van der Waals surface area contributed by atoms with E-state index < -0.39 is 12.1 Å². The molecular formula is C22H28Cl2N4O3. The minimum absolute atomic E-state index is 0. The Bertz CT molecular complexity index is 937. The van der Waals surface area contributed by atoms with E-state index in [1.807, 2.05) is 47.2 Å². The molecule has 0 fully saturated rings. The summed E-state index contributed by atoms with van der Waals surface area (Å²) in [4.78, 5) is 16.7. The number of hydrogen-bond donors (Lipinski definition) is 3. The number of aliphatic hydroxyl groups is 1. The number of carbonyl (C=O) groups excluding carboxylic acids is 1. The molecule has 3 aromatic rings. The Hall–Kier alpha value is -2.58. The summed E-state index contributed by atoms with van der Waals surface area (Å²) in [5.74, 6) is 0.235. The number of carbonyl (C=O) groups is 1. The number of imidazole rings is 1. The molecule has 0 spiro atoms. The van der Waals surface area contributed by atoms with Gasteiger partial charge in [0.15, 0.2) is 0 Å². The van der Waals surface area contributed by atoms with Crippen LogP contribution in [-0.2, 0) is 17.8 Å². The molecule has 0 radical (unpaired) electrons. The normalized spacial score (nSPS) is 12.1. The highest BCUT2D eigenvalue weighted by atomic mass is 35.5. The van der Waals surface area contributed by atoms with Gasteiger partial charge in [0.2, 0.25) is 5.91 Å². The van der Waals surface area contributed by atoms with Crippen molar-refractivity contribution >= 4 is 30.7 Å². The Balaban J connectivity index is 0.00000240. The van der Waals surface area contributed by atoms with E-state index in [1.54, 1.807) is 24.5 Å². The summed E-state index contributed by atoms with van der Waals surface area (Å²) in [6.45, 7) is 0.760. The van der Waals surface area contributed by atoms with Crippen LogP contribution in [0.5, 0.6) is 5.75 Å². The van der Waals surface area contributed by atoms with Crippen LogP contribution in [0.4, 0.5) is 0 Å². The Labute approximate surface area is 194 Å². The number of aromatic nitrogens is 2. The smallest absolute Gasteiger partial charge is 0.237 e. The van der Waals surface area contributed by atoms with Gasteiger partial charge in [0.05, 0.1) is 31.3 Å². The molecule has 0 saturated carbocycles. The van der Waals surface area contributed by atoms with E-state index in [1.165, 1.54) is 12.7 Å². The van der Waals surface area contributed by atoms with Crippen molar-refractivity contribution in [3.8, 4) is 5.75 Å². The number of benzene rings is 2. The van der Waals surface area contributed by atoms with Crippen molar-refractivity contribution in [3.05, 3.63) is 83.9 Å². The van der Waals surface area contributed by atoms with Crippen molar-refractivity contribution in [1.82, 2.24) is 14.9 Å². The van der Waals surface area contributed by atoms with E-state index >= 15 is 0 Å². The lowest BCUT2D eigenvalue weighted by molar-refractivity contribution is -0.122. The van der Waals surface area contributed by atoms with E-state index in [0.717, 1.165) is 5.69 Å². The van der Waals surface area contributed by atoms with Crippen LogP contribution in [0.25, 0.3) is 0 Å². The SMILES string of the molecule is COc1ccccc1C(O)CNC(=O)[C@@H](N)Cc1cn(Cc2ccccc2)cn1.Cl.Cl. The van der Waals surface area contributed by atoms with Crippen LogP contribution < -0.4 is 15.8 Å². The number of methoxy groups -OCH3 is 1. The third-order valence-electron chi connectivity index (χ3n) is 4.63. The zero-order valence-corrected chi connectivity index (χ0v) is 18.8. The number of aliphatic hydroxyl groups excluding tert-OH is 1. The molecular weight excluding hydrogens is 439 g/mol. The minimum atomic E-state index is -0.882. The number of halogens is 2. The van der Waals surface area contributed by atoms with E-state index in [4.69, 9.17) is 10.5 Å². The predicted octanol–water partition coefficient (Wildman–Crippen LogP) is 2.50. The molecule has 3 rings (SSSR count). The summed E-state index contributed by atoms with van der Waals surface area (Å²) >= 11 is 0. The zero-order chi connectivity index (χ0) is 20.6. The largest absolute Gasteiger partial charge is 0.496 e. The van der Waals surface area contributed by atoms with Crippen LogP contribution in [0.1, 0.15) is 22.9 Å². The van der Waals surface area contributed by atoms with Gasteiger partial charge in [-0.3, -0.25) is 4.79 Å². The molecule has 2 atom stereocenters. The molecule has 0 aliphatic rings. The van der Waals surface area contributed by atoms with Gasteiger partial charge in [0.1, 0.15) is 5.75 Å². The number of rotatable bonds is 9. The summed E-state index contributed by atoms with van der Waals surface area (Å²) in [6.07, 6.45) is 3.06. The monoisotopic (exact) mass is 466 g/mol. The molecule has 0 aliphatic heterocycles. The third-order valence-corrected chi connectivity index (χ3v) is 4.63. The lowest BCUT2D eigenvalue weighted by Gasteiger charge is -2.17.